The quantitative estimate of drug-likeness (QED) is 0.611. The molecule has 1 aliphatic heterocycles. The Kier molecular flexibility index (Phi) is 3.22. The maximum atomic E-state index is 11.3. The molecule has 16 heavy (non-hydrogen) atoms. The van der Waals surface area contributed by atoms with Crippen LogP contribution in [0.25, 0.3) is 0 Å². The Bertz CT molecular complexity index is 363. The molecule has 1 N–H and O–H groups in total. The Labute approximate surface area is 93.8 Å². The lowest BCUT2D eigenvalue weighted by Crippen LogP contribution is -2.17. The summed E-state index contributed by atoms with van der Waals surface area (Å²) in [4.78, 5) is 11.3. The molecule has 1 aromatic carbocycles. The summed E-state index contributed by atoms with van der Waals surface area (Å²) in [5, 5.41) is 9.92. The number of epoxide rings is 1. The van der Waals surface area contributed by atoms with E-state index in [1.807, 2.05) is 18.2 Å². The summed E-state index contributed by atoms with van der Waals surface area (Å²) >= 11 is 0. The van der Waals surface area contributed by atoms with Crippen molar-refractivity contribution in [2.45, 2.75) is 25.2 Å². The molecule has 0 amide bonds. The van der Waals surface area contributed by atoms with Gasteiger partial charge in [0.25, 0.3) is 0 Å². The first-order valence-corrected chi connectivity index (χ1v) is 5.29. The molecule has 4 nitrogen and oxygen atoms in total. The first kappa shape index (κ1) is 11.1. The Balaban J connectivity index is 1.94. The van der Waals surface area contributed by atoms with Gasteiger partial charge < -0.3 is 14.6 Å². The number of rotatable bonds is 4. The highest BCUT2D eigenvalue weighted by Crippen LogP contribution is 2.34. The van der Waals surface area contributed by atoms with E-state index in [2.05, 4.69) is 0 Å². The summed E-state index contributed by atoms with van der Waals surface area (Å²) in [5.41, 5.74) is 0.749. The van der Waals surface area contributed by atoms with E-state index in [1.165, 1.54) is 0 Å². The molecule has 1 heterocycles. The van der Waals surface area contributed by atoms with E-state index in [0.29, 0.717) is 6.61 Å². The summed E-state index contributed by atoms with van der Waals surface area (Å²) in [6.45, 7) is 2.07. The molecule has 0 spiro atoms. The molecule has 1 aromatic rings. The fourth-order valence-corrected chi connectivity index (χ4v) is 1.62. The summed E-state index contributed by atoms with van der Waals surface area (Å²) in [6, 6.07) is 9.14. The fourth-order valence-electron chi connectivity index (χ4n) is 1.62. The predicted octanol–water partition coefficient (Wildman–Crippen LogP) is 1.05. The van der Waals surface area contributed by atoms with Crippen LogP contribution >= 0.6 is 0 Å². The van der Waals surface area contributed by atoms with Crippen LogP contribution in [0.4, 0.5) is 0 Å². The van der Waals surface area contributed by atoms with Gasteiger partial charge in [0.15, 0.2) is 6.10 Å². The highest BCUT2D eigenvalue weighted by molar-refractivity contribution is 5.78. The van der Waals surface area contributed by atoms with E-state index >= 15 is 0 Å². The average molecular weight is 222 g/mol. The maximum Gasteiger partial charge on any atom is 0.338 e. The van der Waals surface area contributed by atoms with Crippen molar-refractivity contribution in [1.29, 1.82) is 0 Å². The van der Waals surface area contributed by atoms with Crippen molar-refractivity contribution in [1.82, 2.24) is 0 Å². The Hall–Kier alpha value is -1.39. The Morgan fingerprint density at radius 2 is 2.19 bits per heavy atom. The standard InChI is InChI=1S/C12H14O4/c1-2-15-12(14)11-10(16-11)9(13)8-6-4-3-5-7-8/h3-7,9-11,13H,2H2,1H3/t9-,10-,11+/m0/s1. The zero-order valence-electron chi connectivity index (χ0n) is 9.00. The fraction of sp³-hybridized carbons (Fsp3) is 0.417. The molecule has 1 fully saturated rings. The Morgan fingerprint density at radius 1 is 1.50 bits per heavy atom. The molecule has 0 aliphatic carbocycles. The number of aliphatic hydroxyl groups is 1. The second-order valence-electron chi connectivity index (χ2n) is 3.63. The van der Waals surface area contributed by atoms with Gasteiger partial charge in [-0.25, -0.2) is 4.79 Å². The van der Waals surface area contributed by atoms with Crippen molar-refractivity contribution in [2.24, 2.45) is 0 Å². The second kappa shape index (κ2) is 4.63. The van der Waals surface area contributed by atoms with Crippen molar-refractivity contribution in [3.8, 4) is 0 Å². The SMILES string of the molecule is CCOC(=O)[C@@H]1O[C@H]1[C@@H](O)c1ccccc1. The Morgan fingerprint density at radius 3 is 2.81 bits per heavy atom. The predicted molar refractivity (Wildman–Crippen MR) is 56.7 cm³/mol. The molecule has 0 bridgehead atoms. The monoisotopic (exact) mass is 222 g/mol. The molecule has 1 aliphatic rings. The molecule has 4 heteroatoms. The van der Waals surface area contributed by atoms with Crippen LogP contribution in [0, 0.1) is 0 Å². The van der Waals surface area contributed by atoms with Crippen LogP contribution in [0.3, 0.4) is 0 Å². The third-order valence-electron chi connectivity index (χ3n) is 2.50. The van der Waals surface area contributed by atoms with E-state index in [1.54, 1.807) is 19.1 Å². The lowest BCUT2D eigenvalue weighted by atomic mass is 10.1. The summed E-state index contributed by atoms with van der Waals surface area (Å²) < 4.78 is 9.93. The number of benzene rings is 1. The molecule has 3 atom stereocenters. The lowest BCUT2D eigenvalue weighted by Gasteiger charge is -2.06. The normalized spacial score (nSPS) is 24.9. The van der Waals surface area contributed by atoms with Crippen molar-refractivity contribution in [3.05, 3.63) is 35.9 Å². The first-order chi connectivity index (χ1) is 7.74. The second-order valence-corrected chi connectivity index (χ2v) is 3.63. The largest absolute Gasteiger partial charge is 0.464 e. The third-order valence-corrected chi connectivity index (χ3v) is 2.50. The average Bonchev–Trinajstić information content (AvgIpc) is 3.09. The molecular weight excluding hydrogens is 208 g/mol. The molecule has 0 saturated carbocycles. The number of carbonyl (C=O) groups excluding carboxylic acids is 1. The van der Waals surface area contributed by atoms with Crippen LogP contribution in [0.2, 0.25) is 0 Å². The zero-order valence-corrected chi connectivity index (χ0v) is 9.00. The zero-order chi connectivity index (χ0) is 11.5. The molecule has 0 unspecified atom stereocenters. The van der Waals surface area contributed by atoms with E-state index in [-0.39, 0.29) is 0 Å². The van der Waals surface area contributed by atoms with Crippen molar-refractivity contribution >= 4 is 5.97 Å². The van der Waals surface area contributed by atoms with Gasteiger partial charge in [0, 0.05) is 0 Å². The molecule has 0 radical (unpaired) electrons. The van der Waals surface area contributed by atoms with Gasteiger partial charge in [0.2, 0.25) is 0 Å². The van der Waals surface area contributed by atoms with Crippen LogP contribution < -0.4 is 0 Å². The van der Waals surface area contributed by atoms with E-state index in [4.69, 9.17) is 9.47 Å². The minimum absolute atomic E-state index is 0.326. The lowest BCUT2D eigenvalue weighted by molar-refractivity contribution is -0.144. The van der Waals surface area contributed by atoms with Crippen molar-refractivity contribution in [3.63, 3.8) is 0 Å². The smallest absolute Gasteiger partial charge is 0.338 e. The number of hydrogen-bond donors (Lipinski definition) is 1. The van der Waals surface area contributed by atoms with E-state index in [9.17, 15) is 9.90 Å². The van der Waals surface area contributed by atoms with Gasteiger partial charge >= 0.3 is 5.97 Å². The van der Waals surface area contributed by atoms with Gasteiger partial charge in [0.05, 0.1) is 6.61 Å². The van der Waals surface area contributed by atoms with E-state index < -0.39 is 24.3 Å². The highest BCUT2D eigenvalue weighted by atomic mass is 16.6. The number of carbonyl (C=O) groups is 1. The summed E-state index contributed by atoms with van der Waals surface area (Å²) in [7, 11) is 0. The minimum atomic E-state index is -0.768. The van der Waals surface area contributed by atoms with Crippen molar-refractivity contribution < 1.29 is 19.4 Å². The van der Waals surface area contributed by atoms with Crippen molar-refractivity contribution in [2.75, 3.05) is 6.61 Å². The van der Waals surface area contributed by atoms with Crippen LogP contribution in [-0.2, 0) is 14.3 Å². The van der Waals surface area contributed by atoms with Gasteiger partial charge in [-0.2, -0.15) is 0 Å². The highest BCUT2D eigenvalue weighted by Gasteiger charge is 2.51. The van der Waals surface area contributed by atoms with Gasteiger partial charge in [0.1, 0.15) is 12.2 Å². The van der Waals surface area contributed by atoms with Crippen LogP contribution in [0.1, 0.15) is 18.6 Å². The number of aliphatic hydroxyl groups excluding tert-OH is 1. The summed E-state index contributed by atoms with van der Waals surface area (Å²) in [6.07, 6.45) is -1.85. The van der Waals surface area contributed by atoms with E-state index in [0.717, 1.165) is 5.56 Å². The molecule has 1 saturated heterocycles. The molecule has 2 rings (SSSR count). The van der Waals surface area contributed by atoms with Crippen LogP contribution in [0.5, 0.6) is 0 Å². The van der Waals surface area contributed by atoms with Gasteiger partial charge in [-0.3, -0.25) is 0 Å². The topological polar surface area (TPSA) is 59.1 Å². The summed E-state index contributed by atoms with van der Waals surface area (Å²) in [5.74, 6) is -0.400. The van der Waals surface area contributed by atoms with Gasteiger partial charge in [-0.15, -0.1) is 0 Å². The molecule has 86 valence electrons. The van der Waals surface area contributed by atoms with Gasteiger partial charge in [-0.05, 0) is 12.5 Å². The number of esters is 1. The van der Waals surface area contributed by atoms with Crippen LogP contribution in [-0.4, -0.2) is 29.9 Å². The number of ether oxygens (including phenoxy) is 2. The van der Waals surface area contributed by atoms with Gasteiger partial charge in [-0.1, -0.05) is 30.3 Å². The van der Waals surface area contributed by atoms with Crippen LogP contribution in [0.15, 0.2) is 30.3 Å². The first-order valence-electron chi connectivity index (χ1n) is 5.29. The molecule has 0 aromatic heterocycles. The third kappa shape index (κ3) is 2.23. The number of hydrogen-bond acceptors (Lipinski definition) is 4. The minimum Gasteiger partial charge on any atom is -0.464 e. The molecular formula is C12H14O4. The maximum absolute atomic E-state index is 11.3.